The lowest BCUT2D eigenvalue weighted by Gasteiger charge is -2.08. The molecule has 2 aromatic carbocycles. The van der Waals surface area contributed by atoms with Gasteiger partial charge in [0.2, 0.25) is 5.91 Å². The largest absolute Gasteiger partial charge is 0.338 e. The SMILES string of the molecule is O=C(Nc1ccccc1-c1nc2ccccc2[nH]1)C1CC1. The molecule has 1 heterocycles. The summed E-state index contributed by atoms with van der Waals surface area (Å²) in [5, 5.41) is 3.02. The van der Waals surface area contributed by atoms with Crippen LogP contribution in [-0.2, 0) is 4.79 Å². The van der Waals surface area contributed by atoms with Crippen LogP contribution in [0.3, 0.4) is 0 Å². The Labute approximate surface area is 122 Å². The molecule has 0 radical (unpaired) electrons. The first-order valence-electron chi connectivity index (χ1n) is 7.16. The Bertz CT molecular complexity index is 785. The number of carbonyl (C=O) groups excluding carboxylic acids is 1. The van der Waals surface area contributed by atoms with Crippen LogP contribution in [0.5, 0.6) is 0 Å². The van der Waals surface area contributed by atoms with E-state index in [1.54, 1.807) is 0 Å². The third-order valence-corrected chi connectivity index (χ3v) is 3.78. The third kappa shape index (κ3) is 2.29. The van der Waals surface area contributed by atoms with Gasteiger partial charge in [0.15, 0.2) is 0 Å². The van der Waals surface area contributed by atoms with Crippen LogP contribution in [0, 0.1) is 5.92 Å². The Morgan fingerprint density at radius 1 is 1.10 bits per heavy atom. The number of para-hydroxylation sites is 3. The summed E-state index contributed by atoms with van der Waals surface area (Å²) in [6.07, 6.45) is 2.00. The molecule has 1 aliphatic carbocycles. The number of amides is 1. The van der Waals surface area contributed by atoms with E-state index in [9.17, 15) is 4.79 Å². The van der Waals surface area contributed by atoms with Gasteiger partial charge in [-0.05, 0) is 37.1 Å². The van der Waals surface area contributed by atoms with Crippen LogP contribution in [0.15, 0.2) is 48.5 Å². The second-order valence-electron chi connectivity index (χ2n) is 5.41. The molecule has 104 valence electrons. The predicted octanol–water partition coefficient (Wildman–Crippen LogP) is 3.58. The fourth-order valence-electron chi connectivity index (χ4n) is 2.46. The lowest BCUT2D eigenvalue weighted by Crippen LogP contribution is -2.14. The Morgan fingerprint density at radius 3 is 2.67 bits per heavy atom. The number of nitrogens with zero attached hydrogens (tertiary/aromatic N) is 1. The number of aromatic nitrogens is 2. The molecular formula is C17H15N3O. The second kappa shape index (κ2) is 4.74. The van der Waals surface area contributed by atoms with E-state index >= 15 is 0 Å². The van der Waals surface area contributed by atoms with Crippen molar-refractivity contribution in [1.82, 2.24) is 9.97 Å². The van der Waals surface area contributed by atoms with Crippen molar-refractivity contribution in [1.29, 1.82) is 0 Å². The number of anilines is 1. The van der Waals surface area contributed by atoms with Crippen molar-refractivity contribution in [3.05, 3.63) is 48.5 Å². The highest BCUT2D eigenvalue weighted by Crippen LogP contribution is 2.32. The van der Waals surface area contributed by atoms with Crippen molar-refractivity contribution < 1.29 is 4.79 Å². The zero-order valence-corrected chi connectivity index (χ0v) is 11.5. The van der Waals surface area contributed by atoms with Crippen molar-refractivity contribution in [2.24, 2.45) is 5.92 Å². The van der Waals surface area contributed by atoms with E-state index in [1.807, 2.05) is 48.5 Å². The first-order chi connectivity index (χ1) is 10.3. The van der Waals surface area contributed by atoms with Crippen LogP contribution in [-0.4, -0.2) is 15.9 Å². The zero-order chi connectivity index (χ0) is 14.2. The molecular weight excluding hydrogens is 262 g/mol. The first kappa shape index (κ1) is 12.1. The second-order valence-corrected chi connectivity index (χ2v) is 5.41. The molecule has 4 rings (SSSR count). The number of H-pyrrole nitrogens is 1. The highest BCUT2D eigenvalue weighted by molar-refractivity contribution is 5.97. The molecule has 2 N–H and O–H groups in total. The van der Waals surface area contributed by atoms with Crippen LogP contribution >= 0.6 is 0 Å². The van der Waals surface area contributed by atoms with Crippen molar-refractivity contribution in [3.8, 4) is 11.4 Å². The van der Waals surface area contributed by atoms with E-state index < -0.39 is 0 Å². The van der Waals surface area contributed by atoms with E-state index in [2.05, 4.69) is 15.3 Å². The summed E-state index contributed by atoms with van der Waals surface area (Å²) in [6.45, 7) is 0. The Hall–Kier alpha value is -2.62. The average molecular weight is 277 g/mol. The molecule has 0 spiro atoms. The lowest BCUT2D eigenvalue weighted by atomic mass is 10.1. The van der Waals surface area contributed by atoms with Crippen molar-refractivity contribution >= 4 is 22.6 Å². The summed E-state index contributed by atoms with van der Waals surface area (Å²) in [5.74, 6) is 1.08. The molecule has 3 aromatic rings. The quantitative estimate of drug-likeness (QED) is 0.768. The number of nitrogens with one attached hydrogen (secondary N) is 2. The van der Waals surface area contributed by atoms with Gasteiger partial charge in [-0.25, -0.2) is 4.98 Å². The van der Waals surface area contributed by atoms with Crippen molar-refractivity contribution in [3.63, 3.8) is 0 Å². The maximum absolute atomic E-state index is 12.0. The fraction of sp³-hybridized carbons (Fsp3) is 0.176. The molecule has 21 heavy (non-hydrogen) atoms. The topological polar surface area (TPSA) is 57.8 Å². The number of fused-ring (bicyclic) bond motifs is 1. The maximum Gasteiger partial charge on any atom is 0.227 e. The standard InChI is InChI=1S/C17H15N3O/c21-17(11-9-10-11)20-13-6-2-1-5-12(13)16-18-14-7-3-4-8-15(14)19-16/h1-8,11H,9-10H2,(H,18,19)(H,20,21). The van der Waals surface area contributed by atoms with Crippen LogP contribution in [0.4, 0.5) is 5.69 Å². The third-order valence-electron chi connectivity index (χ3n) is 3.78. The molecule has 1 amide bonds. The van der Waals surface area contributed by atoms with Gasteiger partial charge < -0.3 is 10.3 Å². The van der Waals surface area contributed by atoms with Crippen molar-refractivity contribution in [2.75, 3.05) is 5.32 Å². The molecule has 1 aliphatic rings. The van der Waals surface area contributed by atoms with Gasteiger partial charge in [0.25, 0.3) is 0 Å². The molecule has 0 bridgehead atoms. The lowest BCUT2D eigenvalue weighted by molar-refractivity contribution is -0.117. The van der Waals surface area contributed by atoms with Crippen LogP contribution in [0.2, 0.25) is 0 Å². The number of rotatable bonds is 3. The molecule has 1 saturated carbocycles. The van der Waals surface area contributed by atoms with Crippen molar-refractivity contribution in [2.45, 2.75) is 12.8 Å². The molecule has 4 nitrogen and oxygen atoms in total. The maximum atomic E-state index is 12.0. The van der Waals surface area contributed by atoms with Crippen LogP contribution in [0.1, 0.15) is 12.8 Å². The van der Waals surface area contributed by atoms with E-state index in [0.717, 1.165) is 41.0 Å². The Balaban J connectivity index is 1.74. The summed E-state index contributed by atoms with van der Waals surface area (Å²) in [6, 6.07) is 15.7. The summed E-state index contributed by atoms with van der Waals surface area (Å²) in [5.41, 5.74) is 3.66. The zero-order valence-electron chi connectivity index (χ0n) is 11.5. The molecule has 0 saturated heterocycles. The molecule has 4 heteroatoms. The first-order valence-corrected chi connectivity index (χ1v) is 7.16. The van der Waals surface area contributed by atoms with Gasteiger partial charge in [-0.2, -0.15) is 0 Å². The highest BCUT2D eigenvalue weighted by Gasteiger charge is 2.30. The number of aromatic amines is 1. The van der Waals surface area contributed by atoms with Crippen LogP contribution in [0.25, 0.3) is 22.4 Å². The number of hydrogen-bond donors (Lipinski definition) is 2. The van der Waals surface area contributed by atoms with Gasteiger partial charge in [0.05, 0.1) is 16.7 Å². The van der Waals surface area contributed by atoms with E-state index in [-0.39, 0.29) is 11.8 Å². The van der Waals surface area contributed by atoms with Gasteiger partial charge in [0, 0.05) is 11.5 Å². The number of imidazole rings is 1. The van der Waals surface area contributed by atoms with Crippen LogP contribution < -0.4 is 5.32 Å². The Morgan fingerprint density at radius 2 is 1.86 bits per heavy atom. The number of benzene rings is 2. The number of hydrogen-bond acceptors (Lipinski definition) is 2. The van der Waals surface area contributed by atoms with Gasteiger partial charge in [-0.1, -0.05) is 24.3 Å². The van der Waals surface area contributed by atoms with Gasteiger partial charge >= 0.3 is 0 Å². The van der Waals surface area contributed by atoms with E-state index in [1.165, 1.54) is 0 Å². The summed E-state index contributed by atoms with van der Waals surface area (Å²) in [7, 11) is 0. The summed E-state index contributed by atoms with van der Waals surface area (Å²) < 4.78 is 0. The highest BCUT2D eigenvalue weighted by atomic mass is 16.2. The molecule has 0 unspecified atom stereocenters. The molecule has 1 aromatic heterocycles. The summed E-state index contributed by atoms with van der Waals surface area (Å²) in [4.78, 5) is 19.9. The van der Waals surface area contributed by atoms with E-state index in [0.29, 0.717) is 0 Å². The normalized spacial score (nSPS) is 14.3. The molecule has 0 aliphatic heterocycles. The molecule has 0 atom stereocenters. The Kier molecular flexibility index (Phi) is 2.74. The smallest absolute Gasteiger partial charge is 0.227 e. The van der Waals surface area contributed by atoms with Gasteiger partial charge in [-0.15, -0.1) is 0 Å². The minimum atomic E-state index is 0.110. The average Bonchev–Trinajstić information content (AvgIpc) is 3.27. The molecule has 1 fully saturated rings. The minimum absolute atomic E-state index is 0.110. The minimum Gasteiger partial charge on any atom is -0.338 e. The predicted molar refractivity (Wildman–Crippen MR) is 82.9 cm³/mol. The van der Waals surface area contributed by atoms with Gasteiger partial charge in [-0.3, -0.25) is 4.79 Å². The van der Waals surface area contributed by atoms with Gasteiger partial charge in [0.1, 0.15) is 5.82 Å². The van der Waals surface area contributed by atoms with E-state index in [4.69, 9.17) is 0 Å². The fourth-order valence-corrected chi connectivity index (χ4v) is 2.46. The number of carbonyl (C=O) groups is 1. The summed E-state index contributed by atoms with van der Waals surface area (Å²) >= 11 is 0. The monoisotopic (exact) mass is 277 g/mol.